The van der Waals surface area contributed by atoms with Crippen molar-refractivity contribution in [3.63, 3.8) is 0 Å². The van der Waals surface area contributed by atoms with Crippen LogP contribution in [-0.4, -0.2) is 25.8 Å². The van der Waals surface area contributed by atoms with E-state index in [0.29, 0.717) is 12.5 Å². The average Bonchev–Trinajstić information content (AvgIpc) is 1.98. The minimum Gasteiger partial charge on any atom is -0.467 e. The van der Waals surface area contributed by atoms with Gasteiger partial charge in [-0.05, 0) is 12.8 Å². The number of hydrogen-bond donors (Lipinski definition) is 0. The van der Waals surface area contributed by atoms with Crippen molar-refractivity contribution in [2.45, 2.75) is 26.9 Å². The average molecular weight is 160 g/mol. The van der Waals surface area contributed by atoms with Crippen molar-refractivity contribution in [3.05, 3.63) is 0 Å². The van der Waals surface area contributed by atoms with E-state index in [0.717, 1.165) is 0 Å². The highest BCUT2D eigenvalue weighted by Gasteiger charge is 2.13. The molecule has 11 heavy (non-hydrogen) atoms. The molecule has 0 spiro atoms. The predicted molar refractivity (Wildman–Crippen MR) is 42.3 cm³/mol. The molecule has 0 aliphatic heterocycles. The van der Waals surface area contributed by atoms with Crippen molar-refractivity contribution in [1.29, 1.82) is 0 Å². The number of rotatable bonds is 4. The molecule has 3 heteroatoms. The molecule has 0 bridgehead atoms. The third-order valence-electron chi connectivity index (χ3n) is 1.21. The third-order valence-corrected chi connectivity index (χ3v) is 1.21. The van der Waals surface area contributed by atoms with Gasteiger partial charge in [-0.15, -0.1) is 0 Å². The van der Waals surface area contributed by atoms with Gasteiger partial charge in [0.1, 0.15) is 0 Å². The SMILES string of the molecule is COC(=O)[C@@H](C)OCC(C)C. The van der Waals surface area contributed by atoms with E-state index < -0.39 is 6.10 Å². The van der Waals surface area contributed by atoms with Crippen molar-refractivity contribution >= 4 is 5.97 Å². The van der Waals surface area contributed by atoms with Crippen LogP contribution in [0.2, 0.25) is 0 Å². The Hall–Kier alpha value is -0.570. The van der Waals surface area contributed by atoms with Crippen LogP contribution in [0, 0.1) is 5.92 Å². The molecule has 0 rings (SSSR count). The molecule has 0 aliphatic carbocycles. The van der Waals surface area contributed by atoms with Crippen LogP contribution >= 0.6 is 0 Å². The van der Waals surface area contributed by atoms with Crippen molar-refractivity contribution < 1.29 is 14.3 Å². The van der Waals surface area contributed by atoms with Gasteiger partial charge in [0.2, 0.25) is 0 Å². The van der Waals surface area contributed by atoms with Gasteiger partial charge in [-0.1, -0.05) is 13.8 Å². The van der Waals surface area contributed by atoms with Gasteiger partial charge >= 0.3 is 5.97 Å². The summed E-state index contributed by atoms with van der Waals surface area (Å²) in [4.78, 5) is 10.8. The van der Waals surface area contributed by atoms with Crippen molar-refractivity contribution in [2.24, 2.45) is 5.92 Å². The van der Waals surface area contributed by atoms with Crippen LogP contribution in [0.1, 0.15) is 20.8 Å². The van der Waals surface area contributed by atoms with Crippen LogP contribution in [-0.2, 0) is 14.3 Å². The van der Waals surface area contributed by atoms with Gasteiger partial charge in [0.25, 0.3) is 0 Å². The molecule has 0 saturated carbocycles. The van der Waals surface area contributed by atoms with E-state index in [1.807, 2.05) is 13.8 Å². The standard InChI is InChI=1S/C8H16O3/c1-6(2)5-11-7(3)8(9)10-4/h6-7H,5H2,1-4H3/t7-/m1/s1. The van der Waals surface area contributed by atoms with Crippen molar-refractivity contribution in [2.75, 3.05) is 13.7 Å². The lowest BCUT2D eigenvalue weighted by Gasteiger charge is -2.11. The molecular weight excluding hydrogens is 144 g/mol. The maximum Gasteiger partial charge on any atom is 0.334 e. The first-order valence-corrected chi connectivity index (χ1v) is 3.77. The summed E-state index contributed by atoms with van der Waals surface area (Å²) < 4.78 is 9.66. The summed E-state index contributed by atoms with van der Waals surface area (Å²) >= 11 is 0. The molecular formula is C8H16O3. The first-order valence-electron chi connectivity index (χ1n) is 3.77. The Balaban J connectivity index is 3.52. The van der Waals surface area contributed by atoms with Crippen LogP contribution < -0.4 is 0 Å². The summed E-state index contributed by atoms with van der Waals surface area (Å²) in [5.74, 6) is 0.132. The zero-order valence-corrected chi connectivity index (χ0v) is 7.59. The Kier molecular flexibility index (Phi) is 4.86. The fourth-order valence-corrected chi connectivity index (χ4v) is 0.571. The Morgan fingerprint density at radius 1 is 1.36 bits per heavy atom. The summed E-state index contributed by atoms with van der Waals surface area (Å²) in [5.41, 5.74) is 0. The molecule has 0 N–H and O–H groups in total. The molecule has 0 fully saturated rings. The number of hydrogen-bond acceptors (Lipinski definition) is 3. The lowest BCUT2D eigenvalue weighted by atomic mass is 10.2. The molecule has 0 aromatic rings. The smallest absolute Gasteiger partial charge is 0.334 e. The second-order valence-electron chi connectivity index (χ2n) is 2.89. The number of ether oxygens (including phenoxy) is 2. The summed E-state index contributed by atoms with van der Waals surface area (Å²) in [6.07, 6.45) is -0.442. The topological polar surface area (TPSA) is 35.5 Å². The van der Waals surface area contributed by atoms with Gasteiger partial charge in [0.15, 0.2) is 6.10 Å². The highest BCUT2D eigenvalue weighted by Crippen LogP contribution is 1.98. The monoisotopic (exact) mass is 160 g/mol. The molecule has 1 atom stereocenters. The molecule has 0 saturated heterocycles. The lowest BCUT2D eigenvalue weighted by Crippen LogP contribution is -2.23. The van der Waals surface area contributed by atoms with E-state index in [2.05, 4.69) is 4.74 Å². The summed E-state index contributed by atoms with van der Waals surface area (Å²) in [6.45, 7) is 6.35. The van der Waals surface area contributed by atoms with Crippen molar-refractivity contribution in [3.8, 4) is 0 Å². The highest BCUT2D eigenvalue weighted by molar-refractivity contribution is 5.73. The molecule has 0 aromatic heterocycles. The molecule has 66 valence electrons. The maximum atomic E-state index is 10.8. The molecule has 0 aromatic carbocycles. The maximum absolute atomic E-state index is 10.8. The number of carbonyl (C=O) groups is 1. The zero-order chi connectivity index (χ0) is 8.85. The number of methoxy groups -OCH3 is 1. The lowest BCUT2D eigenvalue weighted by molar-refractivity contribution is -0.153. The van der Waals surface area contributed by atoms with Crippen LogP contribution in [0.15, 0.2) is 0 Å². The zero-order valence-electron chi connectivity index (χ0n) is 7.59. The second-order valence-corrected chi connectivity index (χ2v) is 2.89. The van der Waals surface area contributed by atoms with Gasteiger partial charge < -0.3 is 9.47 Å². The molecule has 0 radical (unpaired) electrons. The van der Waals surface area contributed by atoms with E-state index in [9.17, 15) is 4.79 Å². The predicted octanol–water partition coefficient (Wildman–Crippen LogP) is 1.22. The second kappa shape index (κ2) is 5.13. The summed E-state index contributed by atoms with van der Waals surface area (Å²) in [7, 11) is 1.36. The largest absolute Gasteiger partial charge is 0.467 e. The first-order chi connectivity index (χ1) is 5.07. The molecule has 0 heterocycles. The minimum atomic E-state index is -0.442. The summed E-state index contributed by atoms with van der Waals surface area (Å²) in [6, 6.07) is 0. The fourth-order valence-electron chi connectivity index (χ4n) is 0.571. The Morgan fingerprint density at radius 2 is 1.91 bits per heavy atom. The van der Waals surface area contributed by atoms with Gasteiger partial charge in [-0.2, -0.15) is 0 Å². The molecule has 0 unspecified atom stereocenters. The van der Waals surface area contributed by atoms with Crippen LogP contribution in [0.4, 0.5) is 0 Å². The van der Waals surface area contributed by atoms with E-state index in [-0.39, 0.29) is 5.97 Å². The Morgan fingerprint density at radius 3 is 2.27 bits per heavy atom. The number of esters is 1. The molecule has 0 amide bonds. The Labute approximate surface area is 67.7 Å². The normalized spacial score (nSPS) is 13.2. The highest BCUT2D eigenvalue weighted by atomic mass is 16.6. The minimum absolute atomic E-state index is 0.314. The molecule has 3 nitrogen and oxygen atoms in total. The van der Waals surface area contributed by atoms with Gasteiger partial charge in [0, 0.05) is 0 Å². The van der Waals surface area contributed by atoms with Gasteiger partial charge in [0.05, 0.1) is 13.7 Å². The van der Waals surface area contributed by atoms with Crippen LogP contribution in [0.25, 0.3) is 0 Å². The number of carbonyl (C=O) groups excluding carboxylic acids is 1. The van der Waals surface area contributed by atoms with E-state index in [4.69, 9.17) is 4.74 Å². The summed E-state index contributed by atoms with van der Waals surface area (Å²) in [5, 5.41) is 0. The quantitative estimate of drug-likeness (QED) is 0.580. The third kappa shape index (κ3) is 4.79. The van der Waals surface area contributed by atoms with Crippen LogP contribution in [0.5, 0.6) is 0 Å². The van der Waals surface area contributed by atoms with Crippen LogP contribution in [0.3, 0.4) is 0 Å². The van der Waals surface area contributed by atoms with Crippen molar-refractivity contribution in [1.82, 2.24) is 0 Å². The van der Waals surface area contributed by atoms with E-state index in [1.54, 1.807) is 6.92 Å². The van der Waals surface area contributed by atoms with Gasteiger partial charge in [-0.3, -0.25) is 0 Å². The fraction of sp³-hybridized carbons (Fsp3) is 0.875. The van der Waals surface area contributed by atoms with E-state index >= 15 is 0 Å². The van der Waals surface area contributed by atoms with E-state index in [1.165, 1.54) is 7.11 Å². The Bertz CT molecular complexity index is 121. The first kappa shape index (κ1) is 10.4. The van der Waals surface area contributed by atoms with Gasteiger partial charge in [-0.25, -0.2) is 4.79 Å². The molecule has 0 aliphatic rings.